The molecule has 0 aliphatic rings. The second-order valence-corrected chi connectivity index (χ2v) is 6.23. The van der Waals surface area contributed by atoms with Crippen LogP contribution in [0.5, 0.6) is 0 Å². The third kappa shape index (κ3) is 7.00. The zero-order valence-electron chi connectivity index (χ0n) is 14.4. The molecule has 0 spiro atoms. The molecular formula is C16H21F3N2O4. The van der Waals surface area contributed by atoms with E-state index in [4.69, 9.17) is 9.47 Å². The molecule has 0 fully saturated rings. The smallest absolute Gasteiger partial charge is 0.408 e. The molecule has 6 nitrogen and oxygen atoms in total. The third-order valence-electron chi connectivity index (χ3n) is 2.91. The van der Waals surface area contributed by atoms with E-state index in [9.17, 15) is 22.8 Å². The number of nitrogens with one attached hydrogen (secondary N) is 2. The molecule has 1 atom stereocenters. The fourth-order valence-electron chi connectivity index (χ4n) is 1.87. The van der Waals surface area contributed by atoms with Gasteiger partial charge in [-0.05, 0) is 32.4 Å². The maximum Gasteiger partial charge on any atom is 0.408 e. The number of carbonyl (C=O) groups is 2. The van der Waals surface area contributed by atoms with Gasteiger partial charge in [0.1, 0.15) is 24.2 Å². The fourth-order valence-corrected chi connectivity index (χ4v) is 1.87. The number of hydrogen-bond acceptors (Lipinski definition) is 4. The maximum atomic E-state index is 13.8. The average molecular weight is 362 g/mol. The summed E-state index contributed by atoms with van der Waals surface area (Å²) in [5, 5.41) is 4.63. The summed E-state index contributed by atoms with van der Waals surface area (Å²) in [6.07, 6.45) is -1.31. The van der Waals surface area contributed by atoms with Crippen LogP contribution in [0.4, 0.5) is 18.0 Å². The molecule has 1 rings (SSSR count). The van der Waals surface area contributed by atoms with Crippen LogP contribution >= 0.6 is 0 Å². The van der Waals surface area contributed by atoms with Gasteiger partial charge in [-0.2, -0.15) is 0 Å². The Balaban J connectivity index is 2.96. The Morgan fingerprint density at radius 3 is 2.28 bits per heavy atom. The number of ether oxygens (including phenoxy) is 2. The summed E-state index contributed by atoms with van der Waals surface area (Å²) in [6.45, 7) is 4.73. The summed E-state index contributed by atoms with van der Waals surface area (Å²) < 4.78 is 49.9. The second-order valence-electron chi connectivity index (χ2n) is 6.23. The van der Waals surface area contributed by atoms with E-state index in [0.29, 0.717) is 12.1 Å². The largest absolute Gasteiger partial charge is 0.444 e. The maximum absolute atomic E-state index is 13.8. The van der Waals surface area contributed by atoms with Crippen LogP contribution in [0.25, 0.3) is 0 Å². The number of benzene rings is 1. The molecule has 140 valence electrons. The highest BCUT2D eigenvalue weighted by Crippen LogP contribution is 2.16. The van der Waals surface area contributed by atoms with Crippen LogP contribution in [0.2, 0.25) is 0 Å². The van der Waals surface area contributed by atoms with Gasteiger partial charge in [0.15, 0.2) is 11.6 Å². The van der Waals surface area contributed by atoms with Gasteiger partial charge in [-0.25, -0.2) is 18.0 Å². The van der Waals surface area contributed by atoms with Gasteiger partial charge < -0.3 is 20.1 Å². The highest BCUT2D eigenvalue weighted by atomic mass is 19.2. The van der Waals surface area contributed by atoms with E-state index in [1.807, 2.05) is 0 Å². The number of methoxy groups -OCH3 is 1. The van der Waals surface area contributed by atoms with Crippen LogP contribution in [0.15, 0.2) is 12.1 Å². The van der Waals surface area contributed by atoms with E-state index in [1.54, 1.807) is 20.8 Å². The van der Waals surface area contributed by atoms with E-state index in [1.165, 1.54) is 7.11 Å². The van der Waals surface area contributed by atoms with Crippen LogP contribution in [0.1, 0.15) is 26.3 Å². The van der Waals surface area contributed by atoms with E-state index in [-0.39, 0.29) is 12.3 Å². The van der Waals surface area contributed by atoms with Crippen molar-refractivity contribution in [2.45, 2.75) is 38.8 Å². The summed E-state index contributed by atoms with van der Waals surface area (Å²) in [7, 11) is 1.34. The first kappa shape index (κ1) is 20.8. The van der Waals surface area contributed by atoms with E-state index in [0.717, 1.165) is 0 Å². The molecule has 1 aromatic carbocycles. The normalized spacial score (nSPS) is 12.4. The molecule has 0 aliphatic heterocycles. The van der Waals surface area contributed by atoms with Crippen molar-refractivity contribution in [1.82, 2.24) is 10.6 Å². The first-order valence-electron chi connectivity index (χ1n) is 7.43. The van der Waals surface area contributed by atoms with Gasteiger partial charge in [-0.3, -0.25) is 4.79 Å². The molecule has 25 heavy (non-hydrogen) atoms. The molecule has 0 unspecified atom stereocenters. The zero-order chi connectivity index (χ0) is 19.2. The molecule has 0 radical (unpaired) electrons. The Kier molecular flexibility index (Phi) is 7.22. The highest BCUT2D eigenvalue weighted by Gasteiger charge is 2.26. The van der Waals surface area contributed by atoms with E-state index < -0.39 is 47.5 Å². The minimum Gasteiger partial charge on any atom is -0.444 e. The van der Waals surface area contributed by atoms with Crippen LogP contribution in [0.3, 0.4) is 0 Å². The summed E-state index contributed by atoms with van der Waals surface area (Å²) >= 11 is 0. The number of hydrogen-bond donors (Lipinski definition) is 2. The van der Waals surface area contributed by atoms with Gasteiger partial charge in [0, 0.05) is 19.6 Å². The third-order valence-corrected chi connectivity index (χ3v) is 2.91. The molecule has 2 amide bonds. The van der Waals surface area contributed by atoms with Gasteiger partial charge in [-0.15, -0.1) is 0 Å². The Morgan fingerprint density at radius 2 is 1.72 bits per heavy atom. The summed E-state index contributed by atoms with van der Waals surface area (Å²) in [5.74, 6) is -4.34. The van der Waals surface area contributed by atoms with Crippen molar-refractivity contribution in [3.63, 3.8) is 0 Å². The van der Waals surface area contributed by atoms with E-state index in [2.05, 4.69) is 10.6 Å². The Labute approximate surface area is 143 Å². The van der Waals surface area contributed by atoms with Crippen molar-refractivity contribution >= 4 is 12.0 Å². The van der Waals surface area contributed by atoms with Gasteiger partial charge in [0.2, 0.25) is 5.91 Å². The number of amides is 2. The van der Waals surface area contributed by atoms with Crippen molar-refractivity contribution in [2.75, 3.05) is 13.8 Å². The van der Waals surface area contributed by atoms with Crippen LogP contribution < -0.4 is 10.6 Å². The molecule has 0 aromatic heterocycles. The van der Waals surface area contributed by atoms with Crippen LogP contribution in [0, 0.1) is 17.5 Å². The minimum absolute atomic E-state index is 0.147. The van der Waals surface area contributed by atoms with Crippen LogP contribution in [-0.4, -0.2) is 37.5 Å². The van der Waals surface area contributed by atoms with E-state index >= 15 is 0 Å². The Morgan fingerprint density at radius 1 is 1.12 bits per heavy atom. The van der Waals surface area contributed by atoms with Crippen molar-refractivity contribution in [3.05, 3.63) is 35.1 Å². The molecule has 9 heteroatoms. The zero-order valence-corrected chi connectivity index (χ0v) is 14.4. The van der Waals surface area contributed by atoms with Crippen molar-refractivity contribution in [3.8, 4) is 0 Å². The first-order chi connectivity index (χ1) is 11.5. The Bertz CT molecular complexity index is 633. The van der Waals surface area contributed by atoms with Crippen molar-refractivity contribution in [1.29, 1.82) is 0 Å². The molecule has 0 saturated heterocycles. The molecular weight excluding hydrogens is 341 g/mol. The lowest BCUT2D eigenvalue weighted by atomic mass is 10.0. The van der Waals surface area contributed by atoms with Gasteiger partial charge in [-0.1, -0.05) is 0 Å². The predicted molar refractivity (Wildman–Crippen MR) is 83.2 cm³/mol. The number of halogens is 3. The number of rotatable bonds is 6. The van der Waals surface area contributed by atoms with Crippen molar-refractivity contribution < 1.29 is 32.2 Å². The molecule has 2 N–H and O–H groups in total. The number of alkyl carbamates (subject to hydrolysis) is 1. The predicted octanol–water partition coefficient (Wildman–Crippen LogP) is 2.26. The quantitative estimate of drug-likeness (QED) is 0.601. The van der Waals surface area contributed by atoms with Gasteiger partial charge in [0.25, 0.3) is 0 Å². The lowest BCUT2D eigenvalue weighted by Gasteiger charge is -2.23. The minimum atomic E-state index is -1.35. The van der Waals surface area contributed by atoms with Crippen LogP contribution in [-0.2, 0) is 20.7 Å². The average Bonchev–Trinajstić information content (AvgIpc) is 2.47. The fraction of sp³-hybridized carbons (Fsp3) is 0.500. The van der Waals surface area contributed by atoms with Crippen molar-refractivity contribution in [2.24, 2.45) is 0 Å². The standard InChI is InChI=1S/C16H21F3N2O4/c1-16(2,3)25-15(23)21-13(14(22)20-8-24-4)6-9-5-11(18)12(19)7-10(9)17/h5,7,13H,6,8H2,1-4H3,(H,20,22)(H,21,23)/t13-/m1/s1. The first-order valence-corrected chi connectivity index (χ1v) is 7.43. The second kappa shape index (κ2) is 8.70. The molecule has 0 heterocycles. The Hall–Kier alpha value is -2.29. The summed E-state index contributed by atoms with van der Waals surface area (Å²) in [4.78, 5) is 24.0. The molecule has 1 aromatic rings. The van der Waals surface area contributed by atoms with Gasteiger partial charge >= 0.3 is 6.09 Å². The highest BCUT2D eigenvalue weighted by molar-refractivity contribution is 5.85. The lowest BCUT2D eigenvalue weighted by molar-refractivity contribution is -0.124. The molecule has 0 aliphatic carbocycles. The molecule has 0 saturated carbocycles. The SMILES string of the molecule is COCNC(=O)[C@@H](Cc1cc(F)c(F)cc1F)NC(=O)OC(C)(C)C. The monoisotopic (exact) mass is 362 g/mol. The van der Waals surface area contributed by atoms with Gasteiger partial charge in [0.05, 0.1) is 0 Å². The topological polar surface area (TPSA) is 76.7 Å². The summed E-state index contributed by atoms with van der Waals surface area (Å²) in [5.41, 5.74) is -1.09. The number of carbonyl (C=O) groups excluding carboxylic acids is 2. The lowest BCUT2D eigenvalue weighted by Crippen LogP contribution is -2.49. The molecule has 0 bridgehead atoms. The summed E-state index contributed by atoms with van der Waals surface area (Å²) in [6, 6.07) is -0.260.